The molecule has 79 heavy (non-hydrogen) atoms. The first kappa shape index (κ1) is 50.7. The Kier molecular flexibility index (Phi) is 10.5. The molecule has 14 rings (SSSR count). The van der Waals surface area contributed by atoms with Crippen LogP contribution < -0.4 is 26.4 Å². The smallest absolute Gasteiger partial charge is 0.297 e. The predicted octanol–water partition coefficient (Wildman–Crippen LogP) is 19.1. The lowest BCUT2D eigenvalue weighted by atomic mass is 9.35. The topological polar surface area (TPSA) is 19.6 Å². The highest BCUT2D eigenvalue weighted by Gasteiger charge is 2.50. The maximum absolute atomic E-state index is 7.65. The lowest BCUT2D eigenvalue weighted by Gasteiger charge is -2.48. The Bertz CT molecular complexity index is 4110. The summed E-state index contributed by atoms with van der Waals surface area (Å²) in [6.45, 7) is 39.0. The van der Waals surface area contributed by atoms with Crippen LogP contribution in [0.1, 0.15) is 187 Å². The molecule has 1 aromatic heterocycles. The highest BCUT2D eigenvalue weighted by molar-refractivity contribution is 7.00. The average Bonchev–Trinajstić information content (AvgIpc) is 3.63. The van der Waals surface area contributed by atoms with Crippen LogP contribution in [0.3, 0.4) is 0 Å². The third-order valence-electron chi connectivity index (χ3n) is 21.0. The molecule has 400 valence electrons. The van der Waals surface area contributed by atoms with E-state index >= 15 is 0 Å². The number of nitrogens with zero attached hydrogens (tertiary/aromatic N) is 2. The van der Waals surface area contributed by atoms with Gasteiger partial charge in [0, 0.05) is 33.7 Å². The van der Waals surface area contributed by atoms with Crippen LogP contribution >= 0.6 is 0 Å². The van der Waals surface area contributed by atoms with Crippen molar-refractivity contribution in [2.75, 3.05) is 9.80 Å². The van der Waals surface area contributed by atoms with Crippen LogP contribution in [0.4, 0.5) is 34.1 Å². The first-order valence-corrected chi connectivity index (χ1v) is 29.9. The Morgan fingerprint density at radius 1 is 0.430 bits per heavy atom. The maximum Gasteiger partial charge on any atom is 0.297 e. The Hall–Kier alpha value is -6.52. The summed E-state index contributed by atoms with van der Waals surface area (Å²) in [5, 5.41) is 6.33. The Labute approximate surface area is 471 Å². The molecule has 3 nitrogen and oxygen atoms in total. The van der Waals surface area contributed by atoms with Crippen molar-refractivity contribution in [3.05, 3.63) is 172 Å². The van der Waals surface area contributed by atoms with Gasteiger partial charge in [-0.05, 0) is 220 Å². The van der Waals surface area contributed by atoms with Gasteiger partial charge in [-0.25, -0.2) is 0 Å². The molecule has 0 atom stereocenters. The largest absolute Gasteiger partial charge is 0.468 e. The summed E-state index contributed by atoms with van der Waals surface area (Å²) in [6.07, 6.45) is 6.89. The quantitative estimate of drug-likeness (QED) is 0.130. The average molecular weight is 1040 g/mol. The molecule has 8 aromatic carbocycles. The number of anilines is 6. The van der Waals surface area contributed by atoms with E-state index in [1.165, 1.54) is 134 Å². The molecule has 2 aliphatic heterocycles. The highest BCUT2D eigenvalue weighted by Crippen LogP contribution is 2.57. The Morgan fingerprint density at radius 3 is 1.63 bits per heavy atom. The normalized spacial score (nSPS) is 19.6. The van der Waals surface area contributed by atoms with E-state index in [1.807, 2.05) is 0 Å². The highest BCUT2D eigenvalue weighted by atomic mass is 16.3. The summed E-state index contributed by atoms with van der Waals surface area (Å²) in [5.74, 6) is 0. The molecule has 0 bridgehead atoms. The third kappa shape index (κ3) is 7.36. The van der Waals surface area contributed by atoms with Crippen molar-refractivity contribution in [3.8, 4) is 11.1 Å². The number of furan rings is 1. The summed E-state index contributed by atoms with van der Waals surface area (Å²) in [5.41, 5.74) is 26.0. The molecule has 3 aliphatic carbocycles. The van der Waals surface area contributed by atoms with E-state index < -0.39 is 0 Å². The number of hydrogen-bond donors (Lipinski definition) is 0. The van der Waals surface area contributed by atoms with E-state index in [9.17, 15) is 0 Å². The van der Waals surface area contributed by atoms with E-state index in [0.29, 0.717) is 0 Å². The van der Waals surface area contributed by atoms with Crippen LogP contribution in [0.25, 0.3) is 43.6 Å². The van der Waals surface area contributed by atoms with Crippen molar-refractivity contribution >= 4 is 89.9 Å². The minimum absolute atomic E-state index is 0.00119. The second kappa shape index (κ2) is 16.3. The van der Waals surface area contributed by atoms with Crippen LogP contribution in [0.5, 0.6) is 0 Å². The summed E-state index contributed by atoms with van der Waals surface area (Å²) in [4.78, 5) is 5.42. The van der Waals surface area contributed by atoms with Gasteiger partial charge >= 0.3 is 0 Å². The third-order valence-corrected chi connectivity index (χ3v) is 21.0. The van der Waals surface area contributed by atoms with E-state index in [0.717, 1.165) is 43.3 Å². The molecule has 4 heteroatoms. The predicted molar refractivity (Wildman–Crippen MR) is 340 cm³/mol. The summed E-state index contributed by atoms with van der Waals surface area (Å²) < 4.78 is 7.65. The van der Waals surface area contributed by atoms with E-state index in [4.69, 9.17) is 4.42 Å². The number of hydrogen-bond acceptors (Lipinski definition) is 3. The first-order chi connectivity index (χ1) is 37.2. The molecule has 9 aromatic rings. The van der Waals surface area contributed by atoms with Gasteiger partial charge in [-0.3, -0.25) is 0 Å². The van der Waals surface area contributed by atoms with Crippen LogP contribution in [-0.2, 0) is 37.9 Å². The Balaban J connectivity index is 1.14. The first-order valence-electron chi connectivity index (χ1n) is 29.9. The molecule has 5 aliphatic rings. The molecule has 0 spiro atoms. The van der Waals surface area contributed by atoms with E-state index in [-0.39, 0.29) is 44.6 Å². The van der Waals surface area contributed by atoms with Gasteiger partial charge in [0.2, 0.25) is 0 Å². The zero-order valence-corrected chi connectivity index (χ0v) is 50.2. The van der Waals surface area contributed by atoms with Crippen molar-refractivity contribution in [2.45, 2.75) is 187 Å². The van der Waals surface area contributed by atoms with Crippen molar-refractivity contribution in [1.29, 1.82) is 0 Å². The fourth-order valence-electron chi connectivity index (χ4n) is 15.7. The SMILES string of the molecule is Cc1cc2c3c(c1)N(c1ccc4c(c1)C(C)(C)CCC4(C)C)c1c(oc4ccc(C(C)(C)C)cc14)B3c1cc3c(cc1N2c1cc2c(cc1-c1cccc4c1ccc1ccccc14)C(C)(C)CCC2(C)C)C(C)(C)CCC3(C)C. The monoisotopic (exact) mass is 1040 g/mol. The van der Waals surface area contributed by atoms with Crippen LogP contribution in [0.15, 0.2) is 132 Å². The fraction of sp³-hybridized carbons (Fsp3) is 0.387. The molecule has 0 radical (unpaired) electrons. The van der Waals surface area contributed by atoms with Crippen molar-refractivity contribution < 1.29 is 4.42 Å². The molecule has 3 heterocycles. The molecule has 0 saturated heterocycles. The fourth-order valence-corrected chi connectivity index (χ4v) is 15.7. The van der Waals surface area contributed by atoms with Gasteiger partial charge in [0.25, 0.3) is 6.71 Å². The van der Waals surface area contributed by atoms with Gasteiger partial charge in [0.05, 0.1) is 17.0 Å². The van der Waals surface area contributed by atoms with Gasteiger partial charge in [-0.15, -0.1) is 0 Å². The van der Waals surface area contributed by atoms with Gasteiger partial charge in [-0.2, -0.15) is 0 Å². The lowest BCUT2D eigenvalue weighted by molar-refractivity contribution is 0.332. The van der Waals surface area contributed by atoms with Crippen LogP contribution in [0.2, 0.25) is 0 Å². The molecule has 0 amide bonds. The minimum atomic E-state index is -0.159. The van der Waals surface area contributed by atoms with Gasteiger partial charge in [0.1, 0.15) is 5.58 Å². The lowest BCUT2D eigenvalue weighted by Crippen LogP contribution is -2.61. The van der Waals surface area contributed by atoms with Crippen LogP contribution in [-0.4, -0.2) is 6.71 Å². The number of benzene rings is 8. The number of rotatable bonds is 3. The zero-order valence-electron chi connectivity index (χ0n) is 50.2. The second-order valence-corrected chi connectivity index (χ2v) is 30.2. The van der Waals surface area contributed by atoms with Gasteiger partial charge in [-0.1, -0.05) is 177 Å². The molecule has 0 fully saturated rings. The van der Waals surface area contributed by atoms with Crippen molar-refractivity contribution in [2.24, 2.45) is 0 Å². The summed E-state index contributed by atoms with van der Waals surface area (Å²) >= 11 is 0. The van der Waals surface area contributed by atoms with E-state index in [2.05, 4.69) is 248 Å². The van der Waals surface area contributed by atoms with Gasteiger partial charge in [0.15, 0.2) is 0 Å². The molecular formula is C75H81BN2O. The maximum atomic E-state index is 7.65. The van der Waals surface area contributed by atoms with Gasteiger partial charge < -0.3 is 14.2 Å². The minimum Gasteiger partial charge on any atom is -0.468 e. The Morgan fingerprint density at radius 2 is 0.987 bits per heavy atom. The van der Waals surface area contributed by atoms with Crippen molar-refractivity contribution in [3.63, 3.8) is 0 Å². The molecule has 0 unspecified atom stereocenters. The molecule has 0 N–H and O–H groups in total. The second-order valence-electron chi connectivity index (χ2n) is 30.2. The summed E-state index contributed by atoms with van der Waals surface area (Å²) in [7, 11) is 0. The molecular weight excluding hydrogens is 956 g/mol. The van der Waals surface area contributed by atoms with Crippen molar-refractivity contribution in [1.82, 2.24) is 0 Å². The standard InChI is InChI=1S/C75H81BN2O/c1-44-36-63-66-64(37-44)78(61-42-58-56(72(9,10)32-34-74(58,13)14)40-52(61)50-23-19-22-49-48-21-18-17-20-45(48)24-27-51(49)50)62-43-59-57(73(11,12)33-35-75(59,15)16)41-60(62)76(66)68-67(53-38-46(69(2,3)4)25-29-65(53)79-68)77(63)47-26-28-54-55(39-47)71(7,8)31-30-70(54,5)6/h17-29,36-43H,30-35H2,1-16H3. The number of aryl methyl sites for hydroxylation is 1. The summed E-state index contributed by atoms with van der Waals surface area (Å²) in [6, 6.07) is 51.0. The van der Waals surface area contributed by atoms with E-state index in [1.54, 1.807) is 0 Å². The molecule has 0 saturated carbocycles. The van der Waals surface area contributed by atoms with Crippen LogP contribution in [0, 0.1) is 6.92 Å². The zero-order chi connectivity index (χ0) is 55.5. The number of fused-ring (bicyclic) bond motifs is 12.